The molecule has 0 aromatic carbocycles. The summed E-state index contributed by atoms with van der Waals surface area (Å²) in [6, 6.07) is -1.34. The van der Waals surface area contributed by atoms with Crippen LogP contribution < -0.4 is 0 Å². The van der Waals surface area contributed by atoms with E-state index >= 15 is 0 Å². The minimum absolute atomic E-state index is 0.369. The van der Waals surface area contributed by atoms with Crippen molar-refractivity contribution in [2.45, 2.75) is 52.0 Å². The molecule has 0 rings (SSSR count). The molecule has 1 unspecified atom stereocenters. The van der Waals surface area contributed by atoms with Crippen LogP contribution in [0.5, 0.6) is 0 Å². The lowest BCUT2D eigenvalue weighted by molar-refractivity contribution is -0.189. The second kappa shape index (κ2) is 12.2. The summed E-state index contributed by atoms with van der Waals surface area (Å²) >= 11 is 0. The van der Waals surface area contributed by atoms with Gasteiger partial charge in [-0.15, -0.1) is 0 Å². The summed E-state index contributed by atoms with van der Waals surface area (Å²) in [5.41, 5.74) is 0. The Bertz CT molecular complexity index is 593. The van der Waals surface area contributed by atoms with Gasteiger partial charge in [-0.1, -0.05) is 0 Å². The number of hydrogen-bond acceptors (Lipinski definition) is 9. The predicted octanol–water partition coefficient (Wildman–Crippen LogP) is -0.0788. The summed E-state index contributed by atoms with van der Waals surface area (Å²) < 4.78 is 48.5. The first kappa shape index (κ1) is 19.6. The van der Waals surface area contributed by atoms with E-state index in [0.29, 0.717) is 0 Å². The van der Waals surface area contributed by atoms with Crippen LogP contribution in [0.25, 0.3) is 0 Å². The minimum Gasteiger partial charge on any atom is -0.464 e. The Hall–Kier alpha value is -2.20. The first-order valence-electron chi connectivity index (χ1n) is 9.90. The van der Waals surface area contributed by atoms with Gasteiger partial charge in [0.05, 0.1) is 16.8 Å². The maximum atomic E-state index is 12.0. The molecule has 0 heterocycles. The third kappa shape index (κ3) is 8.83. The molecule has 0 aliphatic rings. The summed E-state index contributed by atoms with van der Waals surface area (Å²) in [5.74, 6) is -2.90. The molecule has 0 aliphatic carbocycles. The zero-order chi connectivity index (χ0) is 23.4. The fourth-order valence-corrected chi connectivity index (χ4v) is 2.22. The summed E-state index contributed by atoms with van der Waals surface area (Å²) in [7, 11) is 0.147. The number of rotatable bonds is 11. The predicted molar refractivity (Wildman–Crippen MR) is 92.6 cm³/mol. The Balaban J connectivity index is 6.34. The van der Waals surface area contributed by atoms with E-state index in [-0.39, 0.29) is 6.61 Å². The number of hydrogen-bond donors (Lipinski definition) is 0. The van der Waals surface area contributed by atoms with E-state index in [0.717, 1.165) is 25.7 Å². The number of carbonyl (C=O) groups excluding carboxylic acids is 4. The molecule has 5 atom stereocenters. The largest absolute Gasteiger partial charge is 0.464 e. The van der Waals surface area contributed by atoms with Gasteiger partial charge in [-0.05, 0) is 0 Å². The Morgan fingerprint density at radius 1 is 0.963 bits per heavy atom. The highest BCUT2D eigenvalue weighted by atomic mass is 16.6. The van der Waals surface area contributed by atoms with Gasteiger partial charge in [0.25, 0.3) is 0 Å². The number of amides is 1. The van der Waals surface area contributed by atoms with Gasteiger partial charge in [0.15, 0.2) is 12.2 Å². The van der Waals surface area contributed by atoms with Gasteiger partial charge in [0.1, 0.15) is 12.7 Å². The lowest BCUT2D eigenvalue weighted by Gasteiger charge is -2.38. The van der Waals surface area contributed by atoms with Crippen molar-refractivity contribution in [2.75, 3.05) is 34.4 Å². The Morgan fingerprint density at radius 3 is 2.04 bits per heavy atom. The van der Waals surface area contributed by atoms with Crippen LogP contribution in [0.15, 0.2) is 0 Å². The van der Waals surface area contributed by atoms with Gasteiger partial charge in [0.2, 0.25) is 5.91 Å². The van der Waals surface area contributed by atoms with Crippen molar-refractivity contribution in [1.82, 2.24) is 4.90 Å². The lowest BCUT2D eigenvalue weighted by atomic mass is 9.99. The SMILES string of the molecule is [2H]COC[C@@H](OC(C)=O)[C@@H](OC(C)=O)[C@H](OC[2H])[C@H](C([2H])OC(C)=O)N(C)C(C)=O. The van der Waals surface area contributed by atoms with E-state index < -0.39 is 68.9 Å². The normalized spacial score (nSPS) is 17.7. The van der Waals surface area contributed by atoms with E-state index in [9.17, 15) is 19.2 Å². The second-order valence-corrected chi connectivity index (χ2v) is 5.59. The molecule has 27 heavy (non-hydrogen) atoms. The van der Waals surface area contributed by atoms with Crippen LogP contribution in [0.3, 0.4) is 0 Å². The maximum absolute atomic E-state index is 12.0. The number of methoxy groups -OCH3 is 2. The second-order valence-electron chi connectivity index (χ2n) is 5.59. The first-order chi connectivity index (χ1) is 14.0. The van der Waals surface area contributed by atoms with Gasteiger partial charge in [-0.3, -0.25) is 19.2 Å². The Morgan fingerprint density at radius 2 is 1.59 bits per heavy atom. The van der Waals surface area contributed by atoms with Crippen molar-refractivity contribution >= 4 is 23.8 Å². The monoisotopic (exact) mass is 394 g/mol. The summed E-state index contributed by atoms with van der Waals surface area (Å²) in [4.78, 5) is 47.7. The highest BCUT2D eigenvalue weighted by Crippen LogP contribution is 2.20. The third-order valence-corrected chi connectivity index (χ3v) is 3.44. The van der Waals surface area contributed by atoms with Gasteiger partial charge in [-0.2, -0.15) is 0 Å². The van der Waals surface area contributed by atoms with Gasteiger partial charge < -0.3 is 28.6 Å². The molecular formula is C17H29NO9. The molecule has 0 aromatic rings. The van der Waals surface area contributed by atoms with E-state index in [1.54, 1.807) is 0 Å². The zero-order valence-electron chi connectivity index (χ0n) is 19.1. The molecule has 10 heteroatoms. The fourth-order valence-electron chi connectivity index (χ4n) is 2.22. The van der Waals surface area contributed by atoms with E-state index in [1.807, 2.05) is 0 Å². The molecule has 0 aromatic heterocycles. The molecule has 0 N–H and O–H groups in total. The molecule has 156 valence electrons. The van der Waals surface area contributed by atoms with E-state index in [2.05, 4.69) is 0 Å². The molecule has 0 spiro atoms. The number of likely N-dealkylation sites (N-methyl/N-ethyl adjacent to an activating group) is 1. The highest BCUT2D eigenvalue weighted by molar-refractivity contribution is 5.73. The third-order valence-electron chi connectivity index (χ3n) is 3.44. The van der Waals surface area contributed by atoms with Crippen molar-refractivity contribution < 1.29 is 47.0 Å². The van der Waals surface area contributed by atoms with E-state index in [4.69, 9.17) is 27.8 Å². The molecule has 0 saturated carbocycles. The van der Waals surface area contributed by atoms with Crippen molar-refractivity contribution in [3.63, 3.8) is 0 Å². The zero-order valence-corrected chi connectivity index (χ0v) is 16.1. The van der Waals surface area contributed by atoms with Crippen LogP contribution >= 0.6 is 0 Å². The van der Waals surface area contributed by atoms with Crippen molar-refractivity contribution in [3.05, 3.63) is 0 Å². The van der Waals surface area contributed by atoms with Crippen LogP contribution in [0.4, 0.5) is 0 Å². The van der Waals surface area contributed by atoms with Crippen molar-refractivity contribution in [3.8, 4) is 0 Å². The average Bonchev–Trinajstić information content (AvgIpc) is 2.61. The Labute approximate surface area is 163 Å². The average molecular weight is 394 g/mol. The Kier molecular flexibility index (Phi) is 8.86. The standard InChI is InChI=1S/C17H29NO9/c1-10(19)18(5)14(8-25-11(2)20)16(24-7)17(27-13(4)22)15(9-23-6)26-12(3)21/h14-17H,8-9H2,1-7H3/t14-,15+,16+,17+/m0/s1/i6D,7D,8D/t8?,14-,15+,16+,17+. The summed E-state index contributed by atoms with van der Waals surface area (Å²) in [6.45, 7) is 2.39. The molecule has 0 radical (unpaired) electrons. The number of carbonyl (C=O) groups is 4. The van der Waals surface area contributed by atoms with Gasteiger partial charge in [0, 0.05) is 48.9 Å². The van der Waals surface area contributed by atoms with Crippen molar-refractivity contribution in [1.29, 1.82) is 0 Å². The summed E-state index contributed by atoms with van der Waals surface area (Å²) in [5, 5.41) is 0. The number of nitrogens with zero attached hydrogens (tertiary/aromatic N) is 1. The first-order valence-corrected chi connectivity index (χ1v) is 7.91. The fraction of sp³-hybridized carbons (Fsp3) is 0.765. The summed E-state index contributed by atoms with van der Waals surface area (Å²) in [6.07, 6.45) is -4.15. The van der Waals surface area contributed by atoms with Crippen LogP contribution in [0.1, 0.15) is 31.8 Å². The topological polar surface area (TPSA) is 118 Å². The molecule has 0 saturated heterocycles. The van der Waals surface area contributed by atoms with Crippen LogP contribution in [-0.4, -0.2) is 87.5 Å². The van der Waals surface area contributed by atoms with Crippen LogP contribution in [0.2, 0.25) is 0 Å². The molecule has 10 nitrogen and oxygen atoms in total. The number of ether oxygens (including phenoxy) is 5. The van der Waals surface area contributed by atoms with Crippen molar-refractivity contribution in [2.24, 2.45) is 0 Å². The van der Waals surface area contributed by atoms with Gasteiger partial charge >= 0.3 is 17.9 Å². The lowest BCUT2D eigenvalue weighted by Crippen LogP contribution is -2.57. The quantitative estimate of drug-likeness (QED) is 0.350. The van der Waals surface area contributed by atoms with Crippen LogP contribution in [0, 0.1) is 0 Å². The van der Waals surface area contributed by atoms with Crippen LogP contribution in [-0.2, 0) is 42.9 Å². The highest BCUT2D eigenvalue weighted by Gasteiger charge is 2.42. The smallest absolute Gasteiger partial charge is 0.303 e. The minimum atomic E-state index is -1.68. The number of esters is 3. The molecule has 1 amide bonds. The molecular weight excluding hydrogens is 362 g/mol. The van der Waals surface area contributed by atoms with E-state index in [1.165, 1.54) is 14.0 Å². The molecule has 0 aliphatic heterocycles. The molecule has 0 bridgehead atoms. The van der Waals surface area contributed by atoms with Gasteiger partial charge in [-0.25, -0.2) is 0 Å². The maximum Gasteiger partial charge on any atom is 0.303 e. The molecule has 0 fully saturated rings.